The average Bonchev–Trinajstić information content (AvgIpc) is 2.30. The van der Waals surface area contributed by atoms with E-state index in [1.807, 2.05) is 0 Å². The maximum absolute atomic E-state index is 12.2. The predicted molar refractivity (Wildman–Crippen MR) is 41.9 cm³/mol. The van der Waals surface area contributed by atoms with E-state index in [9.17, 15) is 13.2 Å². The Balaban J connectivity index is 3.08. The quantitative estimate of drug-likeness (QED) is 0.732. The molecular weight excluding hydrogens is 187 g/mol. The van der Waals surface area contributed by atoms with Crippen molar-refractivity contribution < 1.29 is 13.2 Å². The monoisotopic (exact) mass is 195 g/mol. The van der Waals surface area contributed by atoms with Gasteiger partial charge in [0.05, 0.1) is 5.56 Å². The molecule has 0 spiro atoms. The van der Waals surface area contributed by atoms with E-state index in [1.54, 1.807) is 6.92 Å². The smallest absolute Gasteiger partial charge is 0.323 e. The van der Waals surface area contributed by atoms with Crippen LogP contribution in [0.15, 0.2) is 11.4 Å². The highest BCUT2D eigenvalue weighted by Crippen LogP contribution is 2.36. The van der Waals surface area contributed by atoms with Gasteiger partial charge in [0.2, 0.25) is 0 Å². The molecule has 0 aromatic carbocycles. The van der Waals surface area contributed by atoms with Crippen LogP contribution in [0.1, 0.15) is 23.4 Å². The molecule has 68 valence electrons. The summed E-state index contributed by atoms with van der Waals surface area (Å²) in [7, 11) is 0. The fourth-order valence-electron chi connectivity index (χ4n) is 0.908. The van der Waals surface area contributed by atoms with Crippen LogP contribution in [0, 0.1) is 0 Å². The Morgan fingerprint density at radius 2 is 2.08 bits per heavy atom. The Labute approximate surface area is 72.0 Å². The van der Waals surface area contributed by atoms with Crippen molar-refractivity contribution in [2.24, 2.45) is 5.73 Å². The maximum Gasteiger partial charge on any atom is 0.417 e. The molecule has 0 amide bonds. The Kier molecular flexibility index (Phi) is 2.44. The van der Waals surface area contributed by atoms with Crippen molar-refractivity contribution in [3.63, 3.8) is 0 Å². The molecule has 1 aromatic rings. The predicted octanol–water partition coefficient (Wildman–Crippen LogP) is 2.79. The lowest BCUT2D eigenvalue weighted by molar-refractivity contribution is -0.138. The molecule has 1 aromatic heterocycles. The van der Waals surface area contributed by atoms with Gasteiger partial charge in [-0.05, 0) is 18.4 Å². The molecule has 1 atom stereocenters. The van der Waals surface area contributed by atoms with Gasteiger partial charge in [-0.2, -0.15) is 13.2 Å². The standard InChI is InChI=1S/C7H8F3NS/c1-4(11)6-5(2-3-12-6)7(8,9)10/h2-4H,11H2,1H3/t4-/m1/s1. The van der Waals surface area contributed by atoms with E-state index < -0.39 is 17.8 Å². The first-order valence-electron chi connectivity index (χ1n) is 3.33. The molecule has 2 N–H and O–H groups in total. The fraction of sp³-hybridized carbons (Fsp3) is 0.429. The lowest BCUT2D eigenvalue weighted by Crippen LogP contribution is -2.12. The van der Waals surface area contributed by atoms with Crippen LogP contribution >= 0.6 is 11.3 Å². The number of alkyl halides is 3. The zero-order valence-electron chi connectivity index (χ0n) is 6.35. The minimum absolute atomic E-state index is 0.197. The number of halogens is 3. The molecule has 0 bridgehead atoms. The van der Waals surface area contributed by atoms with Gasteiger partial charge in [0.15, 0.2) is 0 Å². The molecule has 0 fully saturated rings. The summed E-state index contributed by atoms with van der Waals surface area (Å²) in [4.78, 5) is 0.197. The average molecular weight is 195 g/mol. The molecule has 0 radical (unpaired) electrons. The zero-order chi connectivity index (χ0) is 9.35. The van der Waals surface area contributed by atoms with Gasteiger partial charge in [0.1, 0.15) is 0 Å². The molecule has 5 heteroatoms. The highest BCUT2D eigenvalue weighted by molar-refractivity contribution is 7.10. The van der Waals surface area contributed by atoms with Gasteiger partial charge in [-0.15, -0.1) is 11.3 Å². The maximum atomic E-state index is 12.2. The molecule has 0 saturated carbocycles. The summed E-state index contributed by atoms with van der Waals surface area (Å²) in [6.07, 6.45) is -4.27. The van der Waals surface area contributed by atoms with Gasteiger partial charge in [-0.3, -0.25) is 0 Å². The molecule has 0 unspecified atom stereocenters. The molecule has 0 aliphatic heterocycles. The van der Waals surface area contributed by atoms with Gasteiger partial charge >= 0.3 is 6.18 Å². The summed E-state index contributed by atoms with van der Waals surface area (Å²) < 4.78 is 36.6. The van der Waals surface area contributed by atoms with Crippen molar-refractivity contribution >= 4 is 11.3 Å². The molecular formula is C7H8F3NS. The zero-order valence-corrected chi connectivity index (χ0v) is 7.17. The van der Waals surface area contributed by atoms with Crippen LogP contribution < -0.4 is 5.73 Å². The van der Waals surface area contributed by atoms with E-state index in [0.29, 0.717) is 0 Å². The molecule has 0 aliphatic rings. The number of hydrogen-bond acceptors (Lipinski definition) is 2. The molecule has 0 aliphatic carbocycles. The van der Waals surface area contributed by atoms with E-state index in [0.717, 1.165) is 17.4 Å². The second-order valence-electron chi connectivity index (χ2n) is 2.48. The van der Waals surface area contributed by atoms with Crippen molar-refractivity contribution in [3.05, 3.63) is 21.9 Å². The summed E-state index contributed by atoms with van der Waals surface area (Å²) in [5.74, 6) is 0. The Bertz CT molecular complexity index is 264. The van der Waals surface area contributed by atoms with Gasteiger partial charge in [0.25, 0.3) is 0 Å². The Morgan fingerprint density at radius 1 is 1.50 bits per heavy atom. The second-order valence-corrected chi connectivity index (χ2v) is 3.43. The summed E-state index contributed by atoms with van der Waals surface area (Å²) in [5, 5.41) is 1.40. The third-order valence-electron chi connectivity index (χ3n) is 1.41. The fourth-order valence-corrected chi connectivity index (χ4v) is 1.78. The van der Waals surface area contributed by atoms with Crippen LogP contribution in [-0.4, -0.2) is 0 Å². The first-order valence-corrected chi connectivity index (χ1v) is 4.21. The molecule has 0 saturated heterocycles. The number of rotatable bonds is 1. The minimum Gasteiger partial charge on any atom is -0.323 e. The summed E-state index contributed by atoms with van der Waals surface area (Å²) in [5.41, 5.74) is 4.76. The minimum atomic E-state index is -4.27. The summed E-state index contributed by atoms with van der Waals surface area (Å²) in [6, 6.07) is 0.505. The number of thiophene rings is 1. The number of hydrogen-bond donors (Lipinski definition) is 1. The lowest BCUT2D eigenvalue weighted by atomic mass is 10.2. The van der Waals surface area contributed by atoms with E-state index in [2.05, 4.69) is 0 Å². The van der Waals surface area contributed by atoms with Crippen molar-refractivity contribution in [2.75, 3.05) is 0 Å². The van der Waals surface area contributed by atoms with Crippen LogP contribution in [0.4, 0.5) is 13.2 Å². The Hall–Kier alpha value is -0.550. The van der Waals surface area contributed by atoms with Crippen LogP contribution in [0.3, 0.4) is 0 Å². The van der Waals surface area contributed by atoms with E-state index >= 15 is 0 Å². The van der Waals surface area contributed by atoms with E-state index in [1.165, 1.54) is 5.38 Å². The van der Waals surface area contributed by atoms with Crippen molar-refractivity contribution in [2.45, 2.75) is 19.1 Å². The second kappa shape index (κ2) is 3.06. The van der Waals surface area contributed by atoms with E-state index in [4.69, 9.17) is 5.73 Å². The first kappa shape index (κ1) is 9.54. The van der Waals surface area contributed by atoms with Crippen molar-refractivity contribution in [3.8, 4) is 0 Å². The van der Waals surface area contributed by atoms with Crippen LogP contribution in [0.2, 0.25) is 0 Å². The highest BCUT2D eigenvalue weighted by atomic mass is 32.1. The lowest BCUT2D eigenvalue weighted by Gasteiger charge is -2.09. The van der Waals surface area contributed by atoms with Gasteiger partial charge < -0.3 is 5.73 Å². The molecule has 1 nitrogen and oxygen atoms in total. The largest absolute Gasteiger partial charge is 0.417 e. The first-order chi connectivity index (χ1) is 5.43. The van der Waals surface area contributed by atoms with Crippen LogP contribution in [0.5, 0.6) is 0 Å². The summed E-state index contributed by atoms with van der Waals surface area (Å²) >= 11 is 1.04. The van der Waals surface area contributed by atoms with Crippen molar-refractivity contribution in [1.29, 1.82) is 0 Å². The van der Waals surface area contributed by atoms with Gasteiger partial charge in [0, 0.05) is 10.9 Å². The van der Waals surface area contributed by atoms with Gasteiger partial charge in [-0.25, -0.2) is 0 Å². The highest BCUT2D eigenvalue weighted by Gasteiger charge is 2.34. The third-order valence-corrected chi connectivity index (χ3v) is 2.53. The van der Waals surface area contributed by atoms with Crippen LogP contribution in [-0.2, 0) is 6.18 Å². The topological polar surface area (TPSA) is 26.0 Å². The van der Waals surface area contributed by atoms with Gasteiger partial charge in [-0.1, -0.05) is 0 Å². The summed E-state index contributed by atoms with van der Waals surface area (Å²) in [6.45, 7) is 1.54. The molecule has 1 rings (SSSR count). The third kappa shape index (κ3) is 1.78. The number of nitrogens with two attached hydrogens (primary N) is 1. The normalized spacial score (nSPS) is 14.8. The molecule has 12 heavy (non-hydrogen) atoms. The molecule has 1 heterocycles. The SMILES string of the molecule is C[C@@H](N)c1sccc1C(F)(F)F. The van der Waals surface area contributed by atoms with Crippen LogP contribution in [0.25, 0.3) is 0 Å². The van der Waals surface area contributed by atoms with E-state index in [-0.39, 0.29) is 4.88 Å². The Morgan fingerprint density at radius 3 is 2.42 bits per heavy atom. The van der Waals surface area contributed by atoms with Crippen molar-refractivity contribution in [1.82, 2.24) is 0 Å².